The first-order chi connectivity index (χ1) is 17.9. The van der Waals surface area contributed by atoms with Gasteiger partial charge in [0.1, 0.15) is 12.4 Å². The van der Waals surface area contributed by atoms with E-state index in [-0.39, 0.29) is 24.5 Å². The van der Waals surface area contributed by atoms with Crippen LogP contribution in [-0.4, -0.2) is 38.2 Å². The van der Waals surface area contributed by atoms with Crippen LogP contribution in [0.4, 0.5) is 26.3 Å². The first-order valence-corrected chi connectivity index (χ1v) is 11.5. The molecule has 1 unspecified atom stereocenters. The first-order valence-electron chi connectivity index (χ1n) is 11.5. The van der Waals surface area contributed by atoms with Gasteiger partial charge in [-0.2, -0.15) is 26.3 Å². The van der Waals surface area contributed by atoms with Crippen LogP contribution < -0.4 is 14.2 Å². The van der Waals surface area contributed by atoms with Crippen molar-refractivity contribution in [2.45, 2.75) is 24.8 Å². The summed E-state index contributed by atoms with van der Waals surface area (Å²) >= 11 is 0. The lowest BCUT2D eigenvalue weighted by molar-refractivity contribution is -0.138. The predicted octanol–water partition coefficient (Wildman–Crippen LogP) is 6.56. The van der Waals surface area contributed by atoms with Gasteiger partial charge in [-0.25, -0.2) is 0 Å². The maximum Gasteiger partial charge on any atom is 0.416 e. The second kappa shape index (κ2) is 10.5. The smallest absolute Gasteiger partial charge is 0.416 e. The zero-order valence-electron chi connectivity index (χ0n) is 20.3. The predicted molar refractivity (Wildman–Crippen MR) is 125 cm³/mol. The highest BCUT2D eigenvalue weighted by atomic mass is 19.4. The Hall–Kier alpha value is -3.89. The maximum atomic E-state index is 13.5. The summed E-state index contributed by atoms with van der Waals surface area (Å²) in [5.41, 5.74) is -0.673. The fourth-order valence-corrected chi connectivity index (χ4v) is 4.38. The van der Waals surface area contributed by atoms with Gasteiger partial charge in [-0.15, -0.1) is 0 Å². The van der Waals surface area contributed by atoms with E-state index in [2.05, 4.69) is 0 Å². The van der Waals surface area contributed by atoms with Crippen LogP contribution >= 0.6 is 0 Å². The second-order valence-electron chi connectivity index (χ2n) is 8.59. The quantitative estimate of drug-likeness (QED) is 0.333. The Balaban J connectivity index is 1.72. The van der Waals surface area contributed by atoms with Crippen molar-refractivity contribution in [3.05, 3.63) is 88.5 Å². The van der Waals surface area contributed by atoms with E-state index in [4.69, 9.17) is 14.2 Å². The van der Waals surface area contributed by atoms with Gasteiger partial charge in [-0.1, -0.05) is 12.1 Å². The van der Waals surface area contributed by atoms with E-state index >= 15 is 0 Å². The molecular formula is C27H23F6NO4. The van der Waals surface area contributed by atoms with Gasteiger partial charge in [-0.3, -0.25) is 4.79 Å². The normalized spacial score (nSPS) is 15.6. The molecule has 3 aromatic carbocycles. The Bertz CT molecular complexity index is 1320. The highest BCUT2D eigenvalue weighted by Crippen LogP contribution is 2.40. The number of carbonyl (C=O) groups is 1. The second-order valence-corrected chi connectivity index (χ2v) is 8.59. The molecule has 1 aliphatic heterocycles. The summed E-state index contributed by atoms with van der Waals surface area (Å²) in [5, 5.41) is 0. The van der Waals surface area contributed by atoms with Gasteiger partial charge in [-0.05, 0) is 66.1 Å². The van der Waals surface area contributed by atoms with Crippen molar-refractivity contribution in [1.29, 1.82) is 0 Å². The van der Waals surface area contributed by atoms with Gasteiger partial charge in [0.05, 0.1) is 31.4 Å². The van der Waals surface area contributed by atoms with E-state index in [1.165, 1.54) is 37.3 Å². The van der Waals surface area contributed by atoms with E-state index in [1.54, 1.807) is 12.1 Å². The molecule has 0 saturated carbocycles. The number of benzene rings is 3. The first kappa shape index (κ1) is 27.2. The fourth-order valence-electron chi connectivity index (χ4n) is 4.38. The third-order valence-corrected chi connectivity index (χ3v) is 6.27. The Morgan fingerprint density at radius 3 is 2.11 bits per heavy atom. The monoisotopic (exact) mass is 539 g/mol. The van der Waals surface area contributed by atoms with E-state index in [1.807, 2.05) is 0 Å². The standard InChI is InChI=1S/C27H23F6NO4/c1-36-23-12-16-9-10-34(25(35)17-5-3-6-18(11-17)26(28,29)30)22(21(16)14-24(23)37-2)15-38-20-8-4-7-19(13-20)27(31,32)33/h3-8,11-14,22H,9-10,15H2,1-2H3. The summed E-state index contributed by atoms with van der Waals surface area (Å²) in [6.07, 6.45) is -8.85. The number of hydrogen-bond donors (Lipinski definition) is 0. The largest absolute Gasteiger partial charge is 0.493 e. The van der Waals surface area contributed by atoms with Crippen LogP contribution in [0.25, 0.3) is 0 Å². The molecule has 1 heterocycles. The van der Waals surface area contributed by atoms with Crippen molar-refractivity contribution in [3.63, 3.8) is 0 Å². The number of hydrogen-bond acceptors (Lipinski definition) is 4. The third kappa shape index (κ3) is 5.66. The lowest BCUT2D eigenvalue weighted by atomic mass is 9.91. The van der Waals surface area contributed by atoms with Crippen molar-refractivity contribution >= 4 is 5.91 Å². The van der Waals surface area contributed by atoms with E-state index in [0.29, 0.717) is 23.5 Å². The number of ether oxygens (including phenoxy) is 3. The van der Waals surface area contributed by atoms with E-state index in [9.17, 15) is 31.1 Å². The van der Waals surface area contributed by atoms with Gasteiger partial charge in [0.2, 0.25) is 0 Å². The van der Waals surface area contributed by atoms with Crippen LogP contribution in [0.15, 0.2) is 60.7 Å². The molecule has 5 nitrogen and oxygen atoms in total. The molecule has 38 heavy (non-hydrogen) atoms. The number of nitrogens with zero attached hydrogens (tertiary/aromatic N) is 1. The average molecular weight is 539 g/mol. The number of amides is 1. The molecule has 1 aliphatic rings. The molecule has 11 heteroatoms. The molecule has 202 valence electrons. The molecule has 0 spiro atoms. The Kier molecular flexibility index (Phi) is 7.48. The Morgan fingerprint density at radius 2 is 1.47 bits per heavy atom. The molecule has 0 radical (unpaired) electrons. The van der Waals surface area contributed by atoms with Gasteiger partial charge in [0.25, 0.3) is 5.91 Å². The minimum Gasteiger partial charge on any atom is -0.493 e. The third-order valence-electron chi connectivity index (χ3n) is 6.27. The zero-order chi connectivity index (χ0) is 27.7. The highest BCUT2D eigenvalue weighted by molar-refractivity contribution is 5.95. The van der Waals surface area contributed by atoms with Crippen molar-refractivity contribution in [2.75, 3.05) is 27.4 Å². The topological polar surface area (TPSA) is 48.0 Å². The highest BCUT2D eigenvalue weighted by Gasteiger charge is 2.36. The maximum absolute atomic E-state index is 13.5. The van der Waals surface area contributed by atoms with Crippen LogP contribution in [0, 0.1) is 0 Å². The summed E-state index contributed by atoms with van der Waals surface area (Å²) in [4.78, 5) is 14.8. The van der Waals surface area contributed by atoms with Crippen LogP contribution in [0.5, 0.6) is 17.2 Å². The zero-order valence-corrected chi connectivity index (χ0v) is 20.3. The molecule has 0 aliphatic carbocycles. The number of carbonyl (C=O) groups excluding carboxylic acids is 1. The molecule has 1 atom stereocenters. The number of fused-ring (bicyclic) bond motifs is 1. The number of methoxy groups -OCH3 is 2. The van der Waals surface area contributed by atoms with Gasteiger partial charge in [0.15, 0.2) is 11.5 Å². The summed E-state index contributed by atoms with van der Waals surface area (Å²) in [7, 11) is 2.89. The summed E-state index contributed by atoms with van der Waals surface area (Å²) in [6.45, 7) is -0.122. The molecule has 0 saturated heterocycles. The number of rotatable bonds is 6. The van der Waals surface area contributed by atoms with Gasteiger partial charge >= 0.3 is 12.4 Å². The van der Waals surface area contributed by atoms with Crippen LogP contribution in [0.1, 0.15) is 38.7 Å². The van der Waals surface area contributed by atoms with Crippen molar-refractivity contribution in [2.24, 2.45) is 0 Å². The van der Waals surface area contributed by atoms with Crippen LogP contribution in [0.2, 0.25) is 0 Å². The van der Waals surface area contributed by atoms with E-state index < -0.39 is 35.4 Å². The van der Waals surface area contributed by atoms with Gasteiger partial charge < -0.3 is 19.1 Å². The Morgan fingerprint density at radius 1 is 0.868 bits per heavy atom. The molecule has 3 aromatic rings. The van der Waals surface area contributed by atoms with Crippen molar-refractivity contribution in [3.8, 4) is 17.2 Å². The van der Waals surface area contributed by atoms with Crippen LogP contribution in [-0.2, 0) is 18.8 Å². The molecular weight excluding hydrogens is 516 g/mol. The van der Waals surface area contributed by atoms with E-state index in [0.717, 1.165) is 35.9 Å². The molecule has 4 rings (SSSR count). The van der Waals surface area contributed by atoms with Crippen LogP contribution in [0.3, 0.4) is 0 Å². The Labute approximate surface area is 214 Å². The van der Waals surface area contributed by atoms with Crippen molar-refractivity contribution < 1.29 is 45.3 Å². The molecule has 0 fully saturated rings. The van der Waals surface area contributed by atoms with Crippen molar-refractivity contribution in [1.82, 2.24) is 4.90 Å². The molecule has 1 amide bonds. The summed E-state index contributed by atoms with van der Waals surface area (Å²) in [6, 6.07) is 10.9. The molecule has 0 bridgehead atoms. The molecule has 0 aromatic heterocycles. The lowest BCUT2D eigenvalue weighted by Gasteiger charge is -2.37. The summed E-state index contributed by atoms with van der Waals surface area (Å²) in [5.74, 6) is 0.0539. The average Bonchev–Trinajstić information content (AvgIpc) is 2.89. The molecule has 0 N–H and O–H groups in total. The SMILES string of the molecule is COc1cc2c(cc1OC)C(COc1cccc(C(F)(F)F)c1)N(C(=O)c1cccc(C(F)(F)F)c1)CC2. The minimum absolute atomic E-state index is 0.0705. The number of halogens is 6. The minimum atomic E-state index is -4.64. The summed E-state index contributed by atoms with van der Waals surface area (Å²) < 4.78 is 95.8. The fraction of sp³-hybridized carbons (Fsp3) is 0.296. The lowest BCUT2D eigenvalue weighted by Crippen LogP contribution is -2.42. The van der Waals surface area contributed by atoms with Gasteiger partial charge in [0, 0.05) is 12.1 Å². The number of alkyl halides is 6.